The van der Waals surface area contributed by atoms with Gasteiger partial charge in [0.05, 0.1) is 12.6 Å². The number of piperazine rings is 1. The minimum Gasteiger partial charge on any atom is -0.341 e. The zero-order valence-electron chi connectivity index (χ0n) is 19.8. The Kier molecular flexibility index (Phi) is 9.13. The van der Waals surface area contributed by atoms with E-state index in [1.165, 1.54) is 0 Å². The van der Waals surface area contributed by atoms with Crippen LogP contribution >= 0.6 is 0 Å². The molecule has 2 rings (SSSR count). The zero-order chi connectivity index (χ0) is 22.4. The summed E-state index contributed by atoms with van der Waals surface area (Å²) in [7, 11) is 0. The molecule has 0 spiro atoms. The third kappa shape index (κ3) is 6.19. The lowest BCUT2D eigenvalue weighted by Gasteiger charge is -2.38. The standard InChI is InChI=1S/C23H42N4O3/c1-7-27(17(4)5)22(29)18(6)19-8-11-25(12-9-19)21(28)15-26-13-10-24-20(23(26)30)14-16(2)3/h16-20,24H,7-15H2,1-6H3. The first-order valence-corrected chi connectivity index (χ1v) is 11.8. The van der Waals surface area contributed by atoms with Crippen LogP contribution in [0.5, 0.6) is 0 Å². The number of nitrogens with zero attached hydrogens (tertiary/aromatic N) is 3. The van der Waals surface area contributed by atoms with Crippen LogP contribution in [0.25, 0.3) is 0 Å². The summed E-state index contributed by atoms with van der Waals surface area (Å²) in [5.74, 6) is 1.03. The van der Waals surface area contributed by atoms with Crippen molar-refractivity contribution in [1.82, 2.24) is 20.0 Å². The minimum atomic E-state index is -0.174. The van der Waals surface area contributed by atoms with E-state index in [2.05, 4.69) is 33.0 Å². The Bertz CT molecular complexity index is 599. The van der Waals surface area contributed by atoms with Crippen LogP contribution in [0.2, 0.25) is 0 Å². The molecule has 2 heterocycles. The van der Waals surface area contributed by atoms with Crippen molar-refractivity contribution in [3.63, 3.8) is 0 Å². The normalized spacial score (nSPS) is 22.0. The maximum Gasteiger partial charge on any atom is 0.242 e. The Balaban J connectivity index is 1.85. The molecule has 1 N–H and O–H groups in total. The molecule has 0 aliphatic carbocycles. The van der Waals surface area contributed by atoms with E-state index >= 15 is 0 Å². The van der Waals surface area contributed by atoms with Gasteiger partial charge in [0, 0.05) is 44.7 Å². The smallest absolute Gasteiger partial charge is 0.242 e. The van der Waals surface area contributed by atoms with Gasteiger partial charge in [0.15, 0.2) is 0 Å². The van der Waals surface area contributed by atoms with Crippen molar-refractivity contribution in [2.24, 2.45) is 17.8 Å². The molecule has 2 atom stereocenters. The molecule has 0 saturated carbocycles. The summed E-state index contributed by atoms with van der Waals surface area (Å²) in [5.41, 5.74) is 0. The predicted molar refractivity (Wildman–Crippen MR) is 119 cm³/mol. The number of hydrogen-bond donors (Lipinski definition) is 1. The largest absolute Gasteiger partial charge is 0.341 e. The third-order valence-corrected chi connectivity index (χ3v) is 6.65. The Morgan fingerprint density at radius 2 is 1.73 bits per heavy atom. The molecule has 2 aliphatic rings. The molecule has 7 heteroatoms. The molecule has 172 valence electrons. The highest BCUT2D eigenvalue weighted by Crippen LogP contribution is 2.27. The molecule has 7 nitrogen and oxygen atoms in total. The highest BCUT2D eigenvalue weighted by molar-refractivity contribution is 5.88. The molecular weight excluding hydrogens is 380 g/mol. The molecule has 30 heavy (non-hydrogen) atoms. The average molecular weight is 423 g/mol. The molecule has 0 radical (unpaired) electrons. The minimum absolute atomic E-state index is 0.0175. The van der Waals surface area contributed by atoms with Gasteiger partial charge in [-0.15, -0.1) is 0 Å². The highest BCUT2D eigenvalue weighted by Gasteiger charge is 2.34. The van der Waals surface area contributed by atoms with Crippen LogP contribution in [0, 0.1) is 17.8 Å². The monoisotopic (exact) mass is 422 g/mol. The second-order valence-electron chi connectivity index (χ2n) is 9.62. The van der Waals surface area contributed by atoms with Gasteiger partial charge in [-0.2, -0.15) is 0 Å². The second kappa shape index (κ2) is 11.1. The molecule has 0 bridgehead atoms. The molecule has 2 aliphatic heterocycles. The van der Waals surface area contributed by atoms with Crippen molar-refractivity contribution in [1.29, 1.82) is 0 Å². The topological polar surface area (TPSA) is 73.0 Å². The fourth-order valence-electron chi connectivity index (χ4n) is 4.75. The van der Waals surface area contributed by atoms with E-state index in [-0.39, 0.29) is 42.3 Å². The van der Waals surface area contributed by atoms with Crippen LogP contribution in [-0.2, 0) is 14.4 Å². The summed E-state index contributed by atoms with van der Waals surface area (Å²) in [4.78, 5) is 43.9. The number of carbonyl (C=O) groups is 3. The van der Waals surface area contributed by atoms with Crippen LogP contribution in [-0.4, -0.2) is 83.8 Å². The number of amides is 3. The third-order valence-electron chi connectivity index (χ3n) is 6.65. The van der Waals surface area contributed by atoms with Gasteiger partial charge in [-0.05, 0) is 51.9 Å². The van der Waals surface area contributed by atoms with E-state index in [9.17, 15) is 14.4 Å². The van der Waals surface area contributed by atoms with Gasteiger partial charge in [-0.3, -0.25) is 14.4 Å². The van der Waals surface area contributed by atoms with Crippen LogP contribution in [0.1, 0.15) is 60.8 Å². The number of carbonyl (C=O) groups excluding carboxylic acids is 3. The van der Waals surface area contributed by atoms with E-state index in [4.69, 9.17) is 0 Å². The molecular formula is C23H42N4O3. The van der Waals surface area contributed by atoms with Crippen molar-refractivity contribution in [2.75, 3.05) is 39.3 Å². The number of rotatable bonds is 8. The summed E-state index contributed by atoms with van der Waals surface area (Å²) in [6, 6.07) is 0.0364. The lowest BCUT2D eigenvalue weighted by atomic mass is 9.84. The Hall–Kier alpha value is -1.63. The van der Waals surface area contributed by atoms with Crippen LogP contribution < -0.4 is 5.32 Å². The van der Waals surface area contributed by atoms with Gasteiger partial charge >= 0.3 is 0 Å². The summed E-state index contributed by atoms with van der Waals surface area (Å²) in [6.45, 7) is 15.9. The molecule has 0 aromatic rings. The van der Waals surface area contributed by atoms with Crippen molar-refractivity contribution in [2.45, 2.75) is 72.9 Å². The Labute approximate surface area is 182 Å². The molecule has 2 unspecified atom stereocenters. The summed E-state index contributed by atoms with van der Waals surface area (Å²) in [5, 5.41) is 3.28. The molecule has 2 saturated heterocycles. The van der Waals surface area contributed by atoms with Crippen LogP contribution in [0.15, 0.2) is 0 Å². The number of piperidine rings is 1. The fourth-order valence-corrected chi connectivity index (χ4v) is 4.75. The van der Waals surface area contributed by atoms with Crippen LogP contribution in [0.4, 0.5) is 0 Å². The van der Waals surface area contributed by atoms with E-state index in [0.717, 1.165) is 32.4 Å². The highest BCUT2D eigenvalue weighted by atomic mass is 16.2. The van der Waals surface area contributed by atoms with Gasteiger partial charge in [-0.1, -0.05) is 20.8 Å². The first kappa shape index (κ1) is 24.6. The maximum absolute atomic E-state index is 12.8. The zero-order valence-corrected chi connectivity index (χ0v) is 19.8. The first-order valence-electron chi connectivity index (χ1n) is 11.8. The van der Waals surface area contributed by atoms with Gasteiger partial charge in [0.2, 0.25) is 17.7 Å². The SMILES string of the molecule is CCN(C(=O)C(C)C1CCN(C(=O)CN2CCNC(CC(C)C)C2=O)CC1)C(C)C. The predicted octanol–water partition coefficient (Wildman–Crippen LogP) is 1.96. The van der Waals surface area contributed by atoms with Crippen molar-refractivity contribution < 1.29 is 14.4 Å². The maximum atomic E-state index is 12.8. The van der Waals surface area contributed by atoms with Crippen LogP contribution in [0.3, 0.4) is 0 Å². The molecule has 2 fully saturated rings. The Morgan fingerprint density at radius 3 is 2.27 bits per heavy atom. The Morgan fingerprint density at radius 1 is 1.10 bits per heavy atom. The van der Waals surface area contributed by atoms with Gasteiger partial charge < -0.3 is 20.0 Å². The van der Waals surface area contributed by atoms with E-state index in [1.807, 2.05) is 23.6 Å². The summed E-state index contributed by atoms with van der Waals surface area (Å²) in [6.07, 6.45) is 2.49. The van der Waals surface area contributed by atoms with Gasteiger partial charge in [0.25, 0.3) is 0 Å². The first-order chi connectivity index (χ1) is 14.1. The number of hydrogen-bond acceptors (Lipinski definition) is 4. The number of likely N-dealkylation sites (tertiary alicyclic amines) is 1. The van der Waals surface area contributed by atoms with Crippen molar-refractivity contribution in [3.8, 4) is 0 Å². The van der Waals surface area contributed by atoms with Gasteiger partial charge in [-0.25, -0.2) is 0 Å². The number of nitrogens with one attached hydrogen (secondary N) is 1. The van der Waals surface area contributed by atoms with Gasteiger partial charge in [0.1, 0.15) is 0 Å². The summed E-state index contributed by atoms with van der Waals surface area (Å²) < 4.78 is 0. The van der Waals surface area contributed by atoms with Crippen molar-refractivity contribution in [3.05, 3.63) is 0 Å². The van der Waals surface area contributed by atoms with E-state index < -0.39 is 0 Å². The lowest BCUT2D eigenvalue weighted by Crippen LogP contribution is -2.58. The molecule has 3 amide bonds. The van der Waals surface area contributed by atoms with Crippen molar-refractivity contribution >= 4 is 17.7 Å². The quantitative estimate of drug-likeness (QED) is 0.649. The summed E-state index contributed by atoms with van der Waals surface area (Å²) >= 11 is 0. The molecule has 0 aromatic carbocycles. The second-order valence-corrected chi connectivity index (χ2v) is 9.62. The average Bonchev–Trinajstić information content (AvgIpc) is 2.70. The fraction of sp³-hybridized carbons (Fsp3) is 0.870. The van der Waals surface area contributed by atoms with E-state index in [0.29, 0.717) is 31.5 Å². The lowest BCUT2D eigenvalue weighted by molar-refractivity contribution is -0.145. The molecule has 0 aromatic heterocycles. The van der Waals surface area contributed by atoms with E-state index in [1.54, 1.807) is 4.90 Å².